The molecule has 0 saturated carbocycles. The Morgan fingerprint density at radius 3 is 1.79 bits per heavy atom. The smallest absolute Gasteiger partial charge is 0.0555 e. The standard InChI is InChI=1S/C6H6O.C4H11NO2/c7-6-4-2-1-3-5-6;6-3-1-5-2-4-7/h1-5,7H;5-7H,1-4H2/p-1. The van der Waals surface area contributed by atoms with E-state index < -0.39 is 0 Å². The van der Waals surface area contributed by atoms with E-state index in [1.54, 1.807) is 12.1 Å². The van der Waals surface area contributed by atoms with Crippen molar-refractivity contribution >= 4 is 0 Å². The number of benzene rings is 1. The normalized spacial score (nSPS) is 9.00. The fourth-order valence-corrected chi connectivity index (χ4v) is 0.704. The molecule has 4 nitrogen and oxygen atoms in total. The summed E-state index contributed by atoms with van der Waals surface area (Å²) in [6.45, 7) is 1.42. The van der Waals surface area contributed by atoms with Crippen LogP contribution in [0.4, 0.5) is 0 Å². The van der Waals surface area contributed by atoms with Crippen LogP contribution in [0.15, 0.2) is 30.3 Å². The van der Waals surface area contributed by atoms with Gasteiger partial charge < -0.3 is 20.6 Å². The summed E-state index contributed by atoms with van der Waals surface area (Å²) in [7, 11) is 0. The van der Waals surface area contributed by atoms with Gasteiger partial charge in [0.15, 0.2) is 0 Å². The van der Waals surface area contributed by atoms with Crippen LogP contribution in [0.25, 0.3) is 0 Å². The largest absolute Gasteiger partial charge is 0.872 e. The molecule has 1 aromatic carbocycles. The number of rotatable bonds is 4. The van der Waals surface area contributed by atoms with Gasteiger partial charge >= 0.3 is 0 Å². The zero-order chi connectivity index (χ0) is 10.6. The molecule has 4 heteroatoms. The van der Waals surface area contributed by atoms with Crippen molar-refractivity contribution in [2.45, 2.75) is 0 Å². The maximum Gasteiger partial charge on any atom is 0.0555 e. The fourth-order valence-electron chi connectivity index (χ4n) is 0.704. The molecule has 1 rings (SSSR count). The van der Waals surface area contributed by atoms with Crippen molar-refractivity contribution in [3.05, 3.63) is 30.3 Å². The topological polar surface area (TPSA) is 75.5 Å². The van der Waals surface area contributed by atoms with E-state index in [1.165, 1.54) is 12.1 Å². The SMILES string of the molecule is OCCNCCO.[O-]c1ccccc1. The number of hydrogen-bond acceptors (Lipinski definition) is 4. The Labute approximate surface area is 83.8 Å². The Balaban J connectivity index is 0.000000241. The lowest BCUT2D eigenvalue weighted by Gasteiger charge is -1.98. The fraction of sp³-hybridized carbons (Fsp3) is 0.400. The molecule has 3 N–H and O–H groups in total. The summed E-state index contributed by atoms with van der Waals surface area (Å²) in [5, 5.41) is 29.4. The lowest BCUT2D eigenvalue weighted by Crippen LogP contribution is -2.21. The number of aliphatic hydroxyl groups excluding tert-OH is 2. The van der Waals surface area contributed by atoms with Crippen molar-refractivity contribution in [3.8, 4) is 5.75 Å². The van der Waals surface area contributed by atoms with Crippen molar-refractivity contribution in [2.24, 2.45) is 0 Å². The van der Waals surface area contributed by atoms with E-state index in [1.807, 2.05) is 6.07 Å². The van der Waals surface area contributed by atoms with Gasteiger partial charge in [0, 0.05) is 13.1 Å². The third-order valence-electron chi connectivity index (χ3n) is 1.32. The minimum Gasteiger partial charge on any atom is -0.872 e. The van der Waals surface area contributed by atoms with Crippen LogP contribution in [-0.4, -0.2) is 36.5 Å². The van der Waals surface area contributed by atoms with Gasteiger partial charge in [0.2, 0.25) is 0 Å². The molecule has 0 aliphatic rings. The summed E-state index contributed by atoms with van der Waals surface area (Å²) in [5.74, 6) is 0.0718. The van der Waals surface area contributed by atoms with Crippen LogP contribution in [-0.2, 0) is 0 Å². The Morgan fingerprint density at radius 1 is 1.00 bits per heavy atom. The zero-order valence-electron chi connectivity index (χ0n) is 8.02. The van der Waals surface area contributed by atoms with Crippen molar-refractivity contribution in [2.75, 3.05) is 26.3 Å². The Kier molecular flexibility index (Phi) is 9.20. The van der Waals surface area contributed by atoms with E-state index >= 15 is 0 Å². The highest BCUT2D eigenvalue weighted by Crippen LogP contribution is 1.98. The highest BCUT2D eigenvalue weighted by atomic mass is 16.3. The molecule has 0 saturated heterocycles. The van der Waals surface area contributed by atoms with Gasteiger partial charge in [0.25, 0.3) is 0 Å². The van der Waals surface area contributed by atoms with E-state index in [0.717, 1.165) is 0 Å². The second kappa shape index (κ2) is 9.98. The molecule has 0 unspecified atom stereocenters. The zero-order valence-corrected chi connectivity index (χ0v) is 8.02. The predicted octanol–water partition coefficient (Wildman–Crippen LogP) is -0.679. The van der Waals surface area contributed by atoms with Gasteiger partial charge in [0.05, 0.1) is 13.2 Å². The van der Waals surface area contributed by atoms with Crippen LogP contribution in [0.5, 0.6) is 5.75 Å². The van der Waals surface area contributed by atoms with Crippen molar-refractivity contribution < 1.29 is 15.3 Å². The molecule has 0 aliphatic carbocycles. The van der Waals surface area contributed by atoms with Crippen LogP contribution in [0.1, 0.15) is 0 Å². The molecule has 0 aliphatic heterocycles. The number of para-hydroxylation sites is 1. The lowest BCUT2D eigenvalue weighted by molar-refractivity contribution is -0.268. The first-order chi connectivity index (χ1) is 6.81. The van der Waals surface area contributed by atoms with Crippen molar-refractivity contribution in [1.82, 2.24) is 5.32 Å². The van der Waals surface area contributed by atoms with Crippen LogP contribution in [0.3, 0.4) is 0 Å². The van der Waals surface area contributed by atoms with Crippen LogP contribution in [0.2, 0.25) is 0 Å². The molecular weight excluding hydrogens is 182 g/mol. The highest BCUT2D eigenvalue weighted by Gasteiger charge is 1.78. The average molecular weight is 198 g/mol. The first kappa shape index (κ1) is 12.9. The molecule has 0 amide bonds. The van der Waals surface area contributed by atoms with Crippen molar-refractivity contribution in [3.63, 3.8) is 0 Å². The molecule has 0 fully saturated rings. The summed E-state index contributed by atoms with van der Waals surface area (Å²) in [4.78, 5) is 0. The summed E-state index contributed by atoms with van der Waals surface area (Å²) in [6.07, 6.45) is 0. The first-order valence-electron chi connectivity index (χ1n) is 4.45. The molecule has 1 aromatic rings. The first-order valence-corrected chi connectivity index (χ1v) is 4.45. The third kappa shape index (κ3) is 8.99. The van der Waals surface area contributed by atoms with Crippen LogP contribution in [0, 0.1) is 0 Å². The molecule has 14 heavy (non-hydrogen) atoms. The predicted molar refractivity (Wildman–Crippen MR) is 52.9 cm³/mol. The Morgan fingerprint density at radius 2 is 1.50 bits per heavy atom. The van der Waals surface area contributed by atoms with Gasteiger partial charge in [-0.3, -0.25) is 0 Å². The van der Waals surface area contributed by atoms with Gasteiger partial charge in [-0.05, 0) is 0 Å². The Bertz CT molecular complexity index is 200. The van der Waals surface area contributed by atoms with Gasteiger partial charge in [-0.1, -0.05) is 30.3 Å². The van der Waals surface area contributed by atoms with Gasteiger partial charge in [-0.15, -0.1) is 5.75 Å². The quantitative estimate of drug-likeness (QED) is 0.560. The van der Waals surface area contributed by atoms with Gasteiger partial charge in [-0.25, -0.2) is 0 Å². The monoisotopic (exact) mass is 198 g/mol. The minimum absolute atomic E-state index is 0.0718. The second-order valence-corrected chi connectivity index (χ2v) is 2.51. The van der Waals surface area contributed by atoms with E-state index in [9.17, 15) is 5.11 Å². The van der Waals surface area contributed by atoms with Crippen LogP contribution >= 0.6 is 0 Å². The molecule has 0 aromatic heterocycles. The minimum atomic E-state index is 0.0718. The lowest BCUT2D eigenvalue weighted by atomic mass is 10.3. The number of hydrogen-bond donors (Lipinski definition) is 3. The number of aliphatic hydroxyl groups is 2. The summed E-state index contributed by atoms with van der Waals surface area (Å²) >= 11 is 0. The molecule has 0 heterocycles. The molecule has 0 atom stereocenters. The summed E-state index contributed by atoms with van der Waals surface area (Å²) < 4.78 is 0. The van der Waals surface area contributed by atoms with Crippen molar-refractivity contribution in [1.29, 1.82) is 0 Å². The molecule has 0 radical (unpaired) electrons. The third-order valence-corrected chi connectivity index (χ3v) is 1.32. The summed E-state index contributed by atoms with van der Waals surface area (Å²) in [6, 6.07) is 8.33. The molecule has 80 valence electrons. The van der Waals surface area contributed by atoms with E-state index in [4.69, 9.17) is 10.2 Å². The van der Waals surface area contributed by atoms with E-state index in [0.29, 0.717) is 13.1 Å². The van der Waals surface area contributed by atoms with Gasteiger partial charge in [0.1, 0.15) is 0 Å². The second-order valence-electron chi connectivity index (χ2n) is 2.51. The van der Waals surface area contributed by atoms with E-state index in [-0.39, 0.29) is 19.0 Å². The highest BCUT2D eigenvalue weighted by molar-refractivity contribution is 5.17. The Hall–Kier alpha value is -1.10. The molecule has 0 spiro atoms. The average Bonchev–Trinajstić information content (AvgIpc) is 2.21. The molecular formula is C10H16NO3-. The van der Waals surface area contributed by atoms with Crippen LogP contribution < -0.4 is 10.4 Å². The summed E-state index contributed by atoms with van der Waals surface area (Å²) in [5.41, 5.74) is 0. The number of nitrogens with one attached hydrogen (secondary N) is 1. The maximum absolute atomic E-state index is 10.3. The van der Waals surface area contributed by atoms with E-state index in [2.05, 4.69) is 5.32 Å². The maximum atomic E-state index is 10.3. The van der Waals surface area contributed by atoms with Gasteiger partial charge in [-0.2, -0.15) is 0 Å². The molecule has 0 bridgehead atoms.